The topological polar surface area (TPSA) is 149 Å². The second-order valence-corrected chi connectivity index (χ2v) is 6.87. The van der Waals surface area contributed by atoms with Crippen LogP contribution in [0.25, 0.3) is 0 Å². The monoisotopic (exact) mass is 408 g/mol. The summed E-state index contributed by atoms with van der Waals surface area (Å²) in [6.07, 6.45) is 1.57. The summed E-state index contributed by atoms with van der Waals surface area (Å²) in [7, 11) is 0. The maximum absolute atomic E-state index is 10.5. The first-order chi connectivity index (χ1) is 12.9. The number of hydrogen-bond donors (Lipinski definition) is 4. The van der Waals surface area contributed by atoms with E-state index in [1.54, 1.807) is 0 Å². The van der Waals surface area contributed by atoms with Gasteiger partial charge < -0.3 is 20.4 Å². The van der Waals surface area contributed by atoms with Crippen LogP contribution in [0.5, 0.6) is 0 Å². The van der Waals surface area contributed by atoms with E-state index in [4.69, 9.17) is 20.4 Å². The van der Waals surface area contributed by atoms with Gasteiger partial charge in [0.15, 0.2) is 0 Å². The van der Waals surface area contributed by atoms with Gasteiger partial charge in [-0.2, -0.15) is 0 Å². The van der Waals surface area contributed by atoms with Crippen LogP contribution in [0.4, 0.5) is 0 Å². The van der Waals surface area contributed by atoms with E-state index in [1.807, 2.05) is 41.5 Å². The predicted octanol–water partition coefficient (Wildman–Crippen LogP) is 2.93. The van der Waals surface area contributed by atoms with Crippen molar-refractivity contribution >= 4 is 23.5 Å². The summed E-state index contributed by atoms with van der Waals surface area (Å²) in [5.74, 6) is -1.57. The lowest BCUT2D eigenvalue weighted by atomic mass is 10.2. The molecular formula is C20H40O8. The summed E-state index contributed by atoms with van der Waals surface area (Å²) in [4.78, 5) is 40.7. The van der Waals surface area contributed by atoms with Gasteiger partial charge in [0.05, 0.1) is 0 Å². The number of aliphatic carboxylic acids is 2. The number of aliphatic hydroxyl groups excluding tert-OH is 2. The molecule has 0 atom stereocenters. The molecule has 0 bridgehead atoms. The van der Waals surface area contributed by atoms with Gasteiger partial charge in [0.1, 0.15) is 24.4 Å². The average Bonchev–Trinajstić information content (AvgIpc) is 2.55. The zero-order chi connectivity index (χ0) is 23.1. The smallest absolute Gasteiger partial charge is 0.310 e. The SMILES string of the molecule is CC(C)CO.CC(C)CO.CCCC(=O)CC(=O)O.CCCC(=O)CC(=O)O. The van der Waals surface area contributed by atoms with Crippen LogP contribution in [0.2, 0.25) is 0 Å². The number of Topliss-reactive ketones (excluding diaryl/α,β-unsaturated/α-hetero) is 2. The Balaban J connectivity index is -0.000000143. The predicted molar refractivity (Wildman–Crippen MR) is 108 cm³/mol. The van der Waals surface area contributed by atoms with Gasteiger partial charge in [0, 0.05) is 26.1 Å². The summed E-state index contributed by atoms with van der Waals surface area (Å²) in [5.41, 5.74) is 0. The van der Waals surface area contributed by atoms with Crippen LogP contribution < -0.4 is 0 Å². The molecule has 4 N–H and O–H groups in total. The lowest BCUT2D eigenvalue weighted by Crippen LogP contribution is -2.05. The molecule has 0 saturated heterocycles. The third kappa shape index (κ3) is 49.6. The van der Waals surface area contributed by atoms with Gasteiger partial charge >= 0.3 is 11.9 Å². The first-order valence-corrected chi connectivity index (χ1v) is 9.56. The van der Waals surface area contributed by atoms with E-state index < -0.39 is 11.9 Å². The fourth-order valence-electron chi connectivity index (χ4n) is 1.07. The highest BCUT2D eigenvalue weighted by Crippen LogP contribution is 1.93. The van der Waals surface area contributed by atoms with Gasteiger partial charge in [0.25, 0.3) is 0 Å². The fraction of sp³-hybridized carbons (Fsp3) is 0.800. The zero-order valence-electron chi connectivity index (χ0n) is 18.2. The quantitative estimate of drug-likeness (QED) is 0.403. The minimum absolute atomic E-state index is 0.190. The summed E-state index contributed by atoms with van der Waals surface area (Å²) < 4.78 is 0. The van der Waals surface area contributed by atoms with Crippen molar-refractivity contribution in [3.05, 3.63) is 0 Å². The minimum atomic E-state index is -1.03. The molecule has 28 heavy (non-hydrogen) atoms. The molecule has 168 valence electrons. The van der Waals surface area contributed by atoms with E-state index >= 15 is 0 Å². The van der Waals surface area contributed by atoms with Crippen LogP contribution in [0.1, 0.15) is 80.1 Å². The molecule has 0 aliphatic heterocycles. The lowest BCUT2D eigenvalue weighted by molar-refractivity contribution is -0.141. The third-order valence-corrected chi connectivity index (χ3v) is 2.48. The average molecular weight is 409 g/mol. The number of aliphatic hydroxyl groups is 2. The Morgan fingerprint density at radius 2 is 0.857 bits per heavy atom. The van der Waals surface area contributed by atoms with Crippen molar-refractivity contribution < 1.29 is 39.6 Å². The summed E-state index contributed by atoms with van der Waals surface area (Å²) in [5, 5.41) is 32.5. The Morgan fingerprint density at radius 1 is 0.643 bits per heavy atom. The van der Waals surface area contributed by atoms with Gasteiger partial charge in [-0.05, 0) is 24.7 Å². The minimum Gasteiger partial charge on any atom is -0.481 e. The highest BCUT2D eigenvalue weighted by atomic mass is 16.4. The van der Waals surface area contributed by atoms with Crippen LogP contribution in [-0.2, 0) is 19.2 Å². The summed E-state index contributed by atoms with van der Waals surface area (Å²) >= 11 is 0. The van der Waals surface area contributed by atoms with Crippen LogP contribution in [0.15, 0.2) is 0 Å². The number of rotatable bonds is 10. The summed E-state index contributed by atoms with van der Waals surface area (Å²) in [6.45, 7) is 12.2. The molecule has 8 nitrogen and oxygen atoms in total. The molecule has 0 saturated carbocycles. The molecule has 0 fully saturated rings. The fourth-order valence-corrected chi connectivity index (χ4v) is 1.07. The van der Waals surface area contributed by atoms with Crippen molar-refractivity contribution in [3.63, 3.8) is 0 Å². The van der Waals surface area contributed by atoms with Crippen molar-refractivity contribution in [2.45, 2.75) is 80.1 Å². The standard InChI is InChI=1S/2C6H10O3.2C4H10O/c2*1-2-3-5(7)4-6(8)9;2*1-4(2)3-5/h2*2-4H2,1H3,(H,8,9);2*4-5H,3H2,1-2H3. The van der Waals surface area contributed by atoms with Crippen LogP contribution in [0.3, 0.4) is 0 Å². The van der Waals surface area contributed by atoms with Gasteiger partial charge in [-0.15, -0.1) is 0 Å². The molecule has 0 spiro atoms. The van der Waals surface area contributed by atoms with E-state index in [1.165, 1.54) is 0 Å². The highest BCUT2D eigenvalue weighted by Gasteiger charge is 2.05. The van der Waals surface area contributed by atoms with Crippen molar-refractivity contribution in [3.8, 4) is 0 Å². The molecule has 0 aromatic carbocycles. The van der Waals surface area contributed by atoms with Gasteiger partial charge in [-0.3, -0.25) is 19.2 Å². The van der Waals surface area contributed by atoms with Crippen molar-refractivity contribution in [1.82, 2.24) is 0 Å². The molecule has 0 radical (unpaired) electrons. The molecule has 0 heterocycles. The van der Waals surface area contributed by atoms with E-state index in [0.29, 0.717) is 37.9 Å². The van der Waals surface area contributed by atoms with E-state index in [9.17, 15) is 19.2 Å². The number of carboxylic acid groups (broad SMARTS) is 2. The van der Waals surface area contributed by atoms with Crippen molar-refractivity contribution in [2.75, 3.05) is 13.2 Å². The Labute approximate surface area is 169 Å². The van der Waals surface area contributed by atoms with Gasteiger partial charge in [-0.25, -0.2) is 0 Å². The first-order valence-electron chi connectivity index (χ1n) is 9.56. The molecule has 0 rings (SSSR count). The van der Waals surface area contributed by atoms with Crippen molar-refractivity contribution in [2.24, 2.45) is 11.8 Å². The zero-order valence-corrected chi connectivity index (χ0v) is 18.2. The molecule has 0 aromatic rings. The summed E-state index contributed by atoms with van der Waals surface area (Å²) in [6, 6.07) is 0. The third-order valence-electron chi connectivity index (χ3n) is 2.48. The Morgan fingerprint density at radius 3 is 0.964 bits per heavy atom. The molecule has 0 aliphatic rings. The van der Waals surface area contributed by atoms with Crippen molar-refractivity contribution in [1.29, 1.82) is 0 Å². The highest BCUT2D eigenvalue weighted by molar-refractivity contribution is 5.95. The Kier molecular flexibility index (Phi) is 30.4. The van der Waals surface area contributed by atoms with E-state index in [-0.39, 0.29) is 24.4 Å². The second kappa shape index (κ2) is 25.2. The molecule has 0 aliphatic carbocycles. The molecule has 0 amide bonds. The lowest BCUT2D eigenvalue weighted by Gasteiger charge is -1.90. The maximum Gasteiger partial charge on any atom is 0.310 e. The van der Waals surface area contributed by atoms with Crippen LogP contribution >= 0.6 is 0 Å². The van der Waals surface area contributed by atoms with Gasteiger partial charge in [0.2, 0.25) is 0 Å². The molecule has 8 heteroatoms. The van der Waals surface area contributed by atoms with Crippen LogP contribution in [-0.4, -0.2) is 57.1 Å². The van der Waals surface area contributed by atoms with Crippen LogP contribution in [0, 0.1) is 11.8 Å². The number of hydrogen-bond acceptors (Lipinski definition) is 6. The Hall–Kier alpha value is -1.80. The maximum atomic E-state index is 10.5. The number of carbonyl (C=O) groups is 4. The largest absolute Gasteiger partial charge is 0.481 e. The number of ketones is 2. The van der Waals surface area contributed by atoms with Gasteiger partial charge in [-0.1, -0.05) is 41.5 Å². The Bertz CT molecular complexity index is 365. The van der Waals surface area contributed by atoms with E-state index in [0.717, 1.165) is 12.8 Å². The second-order valence-electron chi connectivity index (χ2n) is 6.87. The molecule has 0 aromatic heterocycles. The first kappa shape index (κ1) is 33.8. The number of carboxylic acids is 2. The molecular weight excluding hydrogens is 368 g/mol. The molecule has 0 unspecified atom stereocenters. The van der Waals surface area contributed by atoms with E-state index in [2.05, 4.69) is 0 Å². The number of carbonyl (C=O) groups excluding carboxylic acids is 2. The normalized spacial score (nSPS) is 9.21.